The van der Waals surface area contributed by atoms with Gasteiger partial charge in [-0.3, -0.25) is 4.90 Å². The van der Waals surface area contributed by atoms with Gasteiger partial charge in [0.2, 0.25) is 0 Å². The summed E-state index contributed by atoms with van der Waals surface area (Å²) in [6, 6.07) is 2.19. The molecule has 9 heteroatoms. The first-order valence-corrected chi connectivity index (χ1v) is 12.8. The Morgan fingerprint density at radius 1 is 0.970 bits per heavy atom. The van der Waals surface area contributed by atoms with Crippen LogP contribution in [-0.2, 0) is 29.2 Å². The van der Waals surface area contributed by atoms with Gasteiger partial charge in [-0.2, -0.15) is 0 Å². The van der Waals surface area contributed by atoms with Crippen LogP contribution in [0.1, 0.15) is 65.3 Å². The lowest BCUT2D eigenvalue weighted by Crippen LogP contribution is -2.47. The zero-order valence-electron chi connectivity index (χ0n) is 21.7. The van der Waals surface area contributed by atoms with Crippen LogP contribution in [0.4, 0.5) is 5.82 Å². The van der Waals surface area contributed by atoms with Gasteiger partial charge >= 0.3 is 0 Å². The summed E-state index contributed by atoms with van der Waals surface area (Å²) in [6.45, 7) is 19.0. The summed E-state index contributed by atoms with van der Waals surface area (Å²) < 4.78 is 7.18. The van der Waals surface area contributed by atoms with Crippen molar-refractivity contribution in [3.05, 3.63) is 23.4 Å². The number of rotatable bonds is 8. The van der Waals surface area contributed by atoms with Crippen molar-refractivity contribution in [3.8, 4) is 0 Å². The Balaban J connectivity index is 1.51. The van der Waals surface area contributed by atoms with Crippen LogP contribution in [0.3, 0.4) is 0 Å². The Morgan fingerprint density at radius 3 is 2.27 bits per heavy atom. The lowest BCUT2D eigenvalue weighted by atomic mass is 9.90. The first kappa shape index (κ1) is 25.9. The molecule has 184 valence electrons. The number of hydrogen-bond donors (Lipinski definition) is 0. The van der Waals surface area contributed by atoms with Gasteiger partial charge in [-0.15, -0.1) is 10.2 Å². The summed E-state index contributed by atoms with van der Waals surface area (Å²) in [5.74, 6) is 3.91. The Labute approximate surface area is 203 Å². The van der Waals surface area contributed by atoms with Crippen LogP contribution in [0, 0.1) is 0 Å². The van der Waals surface area contributed by atoms with E-state index >= 15 is 0 Å². The average Bonchev–Trinajstić information content (AvgIpc) is 3.10. The predicted octanol–water partition coefficient (Wildman–Crippen LogP) is 3.65. The maximum Gasteiger partial charge on any atom is 0.191 e. The molecule has 0 spiro atoms. The maximum absolute atomic E-state index is 5.16. The molecule has 1 saturated heterocycles. The first-order valence-electron chi connectivity index (χ1n) is 11.9. The van der Waals surface area contributed by atoms with Gasteiger partial charge in [0.15, 0.2) is 11.0 Å². The quantitative estimate of drug-likeness (QED) is 0.423. The SMILES string of the molecule is COCc1nnc(SCCCN2CCN(c3cc(C(C)(C)C)nc(C(C)(C)C)n3)CC2)n1C. The summed E-state index contributed by atoms with van der Waals surface area (Å²) >= 11 is 1.77. The van der Waals surface area contributed by atoms with Gasteiger partial charge < -0.3 is 14.2 Å². The molecular weight excluding hydrogens is 434 g/mol. The van der Waals surface area contributed by atoms with Crippen molar-refractivity contribution < 1.29 is 4.74 Å². The standard InChI is InChI=1S/C24H41N7OS/c1-23(2,3)18-16-19(26-21(25-18)24(4,5)6)31-13-11-30(12-14-31)10-9-15-33-22-28-27-20(17-32-8)29(22)7/h16H,9-15,17H2,1-8H3. The van der Waals surface area contributed by atoms with E-state index in [0.717, 1.165) is 73.2 Å². The second kappa shape index (κ2) is 10.7. The Kier molecular flexibility index (Phi) is 8.40. The number of piperazine rings is 1. The molecule has 1 aliphatic rings. The predicted molar refractivity (Wildman–Crippen MR) is 135 cm³/mol. The fourth-order valence-corrected chi connectivity index (χ4v) is 4.55. The summed E-state index contributed by atoms with van der Waals surface area (Å²) in [7, 11) is 3.68. The highest BCUT2D eigenvalue weighted by Crippen LogP contribution is 2.28. The van der Waals surface area contributed by atoms with E-state index in [0.29, 0.717) is 6.61 Å². The Bertz CT molecular complexity index is 876. The molecule has 0 unspecified atom stereocenters. The topological polar surface area (TPSA) is 72.2 Å². The monoisotopic (exact) mass is 475 g/mol. The van der Waals surface area contributed by atoms with Gasteiger partial charge in [0.1, 0.15) is 18.2 Å². The lowest BCUT2D eigenvalue weighted by Gasteiger charge is -2.36. The summed E-state index contributed by atoms with van der Waals surface area (Å²) in [4.78, 5) is 14.9. The largest absolute Gasteiger partial charge is 0.377 e. The van der Waals surface area contributed by atoms with E-state index in [4.69, 9.17) is 14.7 Å². The van der Waals surface area contributed by atoms with E-state index in [9.17, 15) is 0 Å². The molecular formula is C24H41N7OS. The first-order chi connectivity index (χ1) is 15.5. The summed E-state index contributed by atoms with van der Waals surface area (Å²) in [6.07, 6.45) is 1.13. The molecule has 1 fully saturated rings. The van der Waals surface area contributed by atoms with Crippen molar-refractivity contribution in [2.24, 2.45) is 7.05 Å². The molecule has 0 N–H and O–H groups in total. The fraction of sp³-hybridized carbons (Fsp3) is 0.750. The van der Waals surface area contributed by atoms with Gasteiger partial charge in [0.25, 0.3) is 0 Å². The van der Waals surface area contributed by atoms with Crippen molar-refractivity contribution in [2.75, 3.05) is 50.5 Å². The van der Waals surface area contributed by atoms with Crippen molar-refractivity contribution in [2.45, 2.75) is 70.6 Å². The molecule has 2 aromatic heterocycles. The molecule has 0 bridgehead atoms. The highest BCUT2D eigenvalue weighted by atomic mass is 32.2. The molecule has 33 heavy (non-hydrogen) atoms. The third-order valence-corrected chi connectivity index (χ3v) is 7.00. The molecule has 0 aromatic carbocycles. The molecule has 0 amide bonds. The minimum Gasteiger partial charge on any atom is -0.377 e. The van der Waals surface area contributed by atoms with E-state index in [1.807, 2.05) is 11.6 Å². The Hall–Kier alpha value is -1.71. The number of thioether (sulfide) groups is 1. The normalized spacial score (nSPS) is 15.9. The van der Waals surface area contributed by atoms with Crippen molar-refractivity contribution >= 4 is 17.6 Å². The minimum absolute atomic E-state index is 0.00420. The number of nitrogens with zero attached hydrogens (tertiary/aromatic N) is 7. The number of anilines is 1. The van der Waals surface area contributed by atoms with E-state index in [2.05, 4.69) is 67.6 Å². The Morgan fingerprint density at radius 2 is 1.67 bits per heavy atom. The molecule has 3 heterocycles. The molecule has 1 aliphatic heterocycles. The minimum atomic E-state index is -0.0669. The van der Waals surface area contributed by atoms with E-state index in [1.54, 1.807) is 18.9 Å². The van der Waals surface area contributed by atoms with Crippen LogP contribution >= 0.6 is 11.8 Å². The van der Waals surface area contributed by atoms with Gasteiger partial charge in [-0.25, -0.2) is 9.97 Å². The molecule has 0 aliphatic carbocycles. The van der Waals surface area contributed by atoms with Crippen LogP contribution in [0.5, 0.6) is 0 Å². The van der Waals surface area contributed by atoms with Crippen LogP contribution in [-0.4, -0.2) is 75.2 Å². The van der Waals surface area contributed by atoms with E-state index < -0.39 is 0 Å². The van der Waals surface area contributed by atoms with Crippen molar-refractivity contribution in [3.63, 3.8) is 0 Å². The third-order valence-electron chi connectivity index (χ3n) is 5.90. The molecule has 8 nitrogen and oxygen atoms in total. The third kappa shape index (κ3) is 6.90. The lowest BCUT2D eigenvalue weighted by molar-refractivity contribution is 0.174. The fourth-order valence-electron chi connectivity index (χ4n) is 3.69. The highest BCUT2D eigenvalue weighted by molar-refractivity contribution is 7.99. The van der Waals surface area contributed by atoms with Crippen molar-refractivity contribution in [1.29, 1.82) is 0 Å². The molecule has 0 atom stereocenters. The molecule has 0 radical (unpaired) electrons. The zero-order valence-corrected chi connectivity index (χ0v) is 22.5. The second-order valence-electron chi connectivity index (χ2n) is 10.9. The van der Waals surface area contributed by atoms with Crippen LogP contribution < -0.4 is 4.90 Å². The van der Waals surface area contributed by atoms with Crippen LogP contribution in [0.25, 0.3) is 0 Å². The molecule has 0 saturated carbocycles. The van der Waals surface area contributed by atoms with Gasteiger partial charge in [-0.1, -0.05) is 53.3 Å². The van der Waals surface area contributed by atoms with Crippen LogP contribution in [0.15, 0.2) is 11.2 Å². The number of ether oxygens (including phenoxy) is 1. The second-order valence-corrected chi connectivity index (χ2v) is 11.9. The number of methoxy groups -OCH3 is 1. The van der Waals surface area contributed by atoms with E-state index in [-0.39, 0.29) is 10.8 Å². The maximum atomic E-state index is 5.16. The molecule has 3 rings (SSSR count). The number of aromatic nitrogens is 5. The molecule has 2 aromatic rings. The van der Waals surface area contributed by atoms with E-state index in [1.165, 1.54) is 0 Å². The van der Waals surface area contributed by atoms with Crippen LogP contribution in [0.2, 0.25) is 0 Å². The summed E-state index contributed by atoms with van der Waals surface area (Å²) in [5.41, 5.74) is 1.06. The van der Waals surface area contributed by atoms with Gasteiger partial charge in [0, 0.05) is 63.0 Å². The van der Waals surface area contributed by atoms with Gasteiger partial charge in [0.05, 0.1) is 5.69 Å². The number of hydrogen-bond acceptors (Lipinski definition) is 8. The highest BCUT2D eigenvalue weighted by Gasteiger charge is 2.26. The smallest absolute Gasteiger partial charge is 0.191 e. The summed E-state index contributed by atoms with van der Waals surface area (Å²) in [5, 5.41) is 9.43. The average molecular weight is 476 g/mol. The zero-order chi connectivity index (χ0) is 24.2. The van der Waals surface area contributed by atoms with Crippen molar-refractivity contribution in [1.82, 2.24) is 29.6 Å². The van der Waals surface area contributed by atoms with Gasteiger partial charge in [-0.05, 0) is 13.0 Å².